The van der Waals surface area contributed by atoms with Gasteiger partial charge < -0.3 is 41.1 Å². The number of imidazole rings is 1. The fourth-order valence-corrected chi connectivity index (χ4v) is 2.81. The van der Waals surface area contributed by atoms with Crippen LogP contribution in [0, 0.1) is 0 Å². The summed E-state index contributed by atoms with van der Waals surface area (Å²) in [5, 5.41) is 29.7. The van der Waals surface area contributed by atoms with Gasteiger partial charge in [0.2, 0.25) is 0 Å². The summed E-state index contributed by atoms with van der Waals surface area (Å²) in [5.41, 5.74) is 6.08. The molecule has 9 N–H and O–H groups in total. The van der Waals surface area contributed by atoms with Crippen molar-refractivity contribution in [2.75, 3.05) is 5.73 Å². The van der Waals surface area contributed by atoms with Gasteiger partial charge in [0.15, 0.2) is 24.0 Å². The lowest BCUT2D eigenvalue weighted by Gasteiger charge is -2.21. The van der Waals surface area contributed by atoms with Crippen molar-refractivity contribution in [1.82, 2.24) is 19.5 Å². The van der Waals surface area contributed by atoms with Gasteiger partial charge in [-0.05, 0) is 0 Å². The van der Waals surface area contributed by atoms with Crippen LogP contribution in [0.5, 0.6) is 0 Å². The second kappa shape index (κ2) is 6.87. The molecular formula is C10H16N5O9P. The summed E-state index contributed by atoms with van der Waals surface area (Å²) in [5.74, 6) is 0.0909. The van der Waals surface area contributed by atoms with E-state index in [2.05, 4.69) is 19.5 Å². The highest BCUT2D eigenvalue weighted by Gasteiger charge is 2.49. The molecule has 3 rings (SSSR count). The van der Waals surface area contributed by atoms with E-state index in [0.717, 1.165) is 6.33 Å². The molecule has 0 bridgehead atoms. The number of rotatable bonds is 4. The van der Waals surface area contributed by atoms with Crippen LogP contribution in [0.15, 0.2) is 12.7 Å². The first-order valence-corrected chi connectivity index (χ1v) is 8.08. The minimum Gasteiger partial charge on any atom is -0.412 e. The number of aliphatic hydroxyl groups excluding tert-OH is 3. The number of phosphoric ester groups is 1. The number of hydrogen-bond acceptors (Lipinski definition) is 10. The summed E-state index contributed by atoms with van der Waals surface area (Å²) in [6.45, 7) is 0. The molecule has 140 valence electrons. The average molecular weight is 381 g/mol. The van der Waals surface area contributed by atoms with Gasteiger partial charge in [0.25, 0.3) is 0 Å². The number of ether oxygens (including phenoxy) is 1. The van der Waals surface area contributed by atoms with Crippen molar-refractivity contribution >= 4 is 24.8 Å². The fourth-order valence-electron chi connectivity index (χ4n) is 2.41. The summed E-state index contributed by atoms with van der Waals surface area (Å²) in [6.07, 6.45) is -5.89. The number of nitrogens with zero attached hydrogens (tertiary/aromatic N) is 4. The summed E-state index contributed by atoms with van der Waals surface area (Å²) in [7, 11) is -5.03. The molecule has 2 aromatic heterocycles. The number of phosphoric acid groups is 1. The molecule has 0 radical (unpaired) electrons. The fraction of sp³-hybridized carbons (Fsp3) is 0.500. The number of anilines is 1. The van der Waals surface area contributed by atoms with Crippen LogP contribution in [0.3, 0.4) is 0 Å². The van der Waals surface area contributed by atoms with E-state index in [1.165, 1.54) is 10.9 Å². The van der Waals surface area contributed by atoms with Crippen molar-refractivity contribution < 1.29 is 44.4 Å². The molecule has 2 aromatic rings. The predicted octanol–water partition coefficient (Wildman–Crippen LogP) is -3.37. The number of aromatic nitrogens is 4. The maximum Gasteiger partial charge on any atom is 0.472 e. The van der Waals surface area contributed by atoms with Crippen LogP contribution in [-0.2, 0) is 13.8 Å². The van der Waals surface area contributed by atoms with Gasteiger partial charge in [-0.1, -0.05) is 0 Å². The second-order valence-electron chi connectivity index (χ2n) is 5.04. The Morgan fingerprint density at radius 1 is 1.28 bits per heavy atom. The molecule has 25 heavy (non-hydrogen) atoms. The van der Waals surface area contributed by atoms with E-state index < -0.39 is 38.7 Å². The van der Waals surface area contributed by atoms with E-state index in [9.17, 15) is 19.9 Å². The molecule has 5 atom stereocenters. The molecule has 0 saturated carbocycles. The molecule has 15 heteroatoms. The van der Waals surface area contributed by atoms with E-state index in [0.29, 0.717) is 0 Å². The number of nitrogens with two attached hydrogens (primary N) is 1. The highest BCUT2D eigenvalue weighted by atomic mass is 31.2. The Bertz CT molecular complexity index is 796. The van der Waals surface area contributed by atoms with Crippen LogP contribution in [0.25, 0.3) is 11.2 Å². The zero-order chi connectivity index (χ0) is 17.6. The summed E-state index contributed by atoms with van der Waals surface area (Å²) in [6, 6.07) is 0. The summed E-state index contributed by atoms with van der Waals surface area (Å²) in [4.78, 5) is 29.1. The first-order chi connectivity index (χ1) is 11.2. The molecular weight excluding hydrogens is 365 g/mol. The van der Waals surface area contributed by atoms with Crippen LogP contribution >= 0.6 is 7.82 Å². The third-order valence-corrected chi connectivity index (χ3v) is 3.95. The van der Waals surface area contributed by atoms with E-state index in [-0.39, 0.29) is 22.5 Å². The predicted molar refractivity (Wildman–Crippen MR) is 78.4 cm³/mol. The molecule has 0 aromatic carbocycles. The van der Waals surface area contributed by atoms with E-state index in [1.807, 2.05) is 0 Å². The van der Waals surface area contributed by atoms with Gasteiger partial charge >= 0.3 is 7.82 Å². The van der Waals surface area contributed by atoms with Crippen LogP contribution in [0.1, 0.15) is 6.23 Å². The highest BCUT2D eigenvalue weighted by Crippen LogP contribution is 2.41. The molecule has 1 fully saturated rings. The topological polar surface area (TPSA) is 238 Å². The maximum atomic E-state index is 10.8. The molecule has 1 unspecified atom stereocenters. The lowest BCUT2D eigenvalue weighted by molar-refractivity contribution is -0.161. The molecule has 1 aliphatic rings. The monoisotopic (exact) mass is 381 g/mol. The molecule has 0 aliphatic carbocycles. The van der Waals surface area contributed by atoms with Gasteiger partial charge in [0.05, 0.1) is 6.33 Å². The maximum absolute atomic E-state index is 10.8. The van der Waals surface area contributed by atoms with Gasteiger partial charge in [-0.15, -0.1) is 0 Å². The molecule has 0 amide bonds. The van der Waals surface area contributed by atoms with Gasteiger partial charge in [-0.3, -0.25) is 9.09 Å². The van der Waals surface area contributed by atoms with Crippen molar-refractivity contribution in [1.29, 1.82) is 0 Å². The largest absolute Gasteiger partial charge is 0.472 e. The van der Waals surface area contributed by atoms with Crippen molar-refractivity contribution in [2.24, 2.45) is 0 Å². The smallest absolute Gasteiger partial charge is 0.412 e. The normalized spacial score (nSPS) is 28.0. The number of nitrogen functional groups attached to an aromatic ring is 1. The Morgan fingerprint density at radius 2 is 1.96 bits per heavy atom. The second-order valence-corrected chi connectivity index (χ2v) is 6.23. The minimum atomic E-state index is -5.03. The SMILES string of the molecule is Nc1ncnc2c1ncn2[C@@H]1O[C@H](C(O)OP(=O)(O)O)[C@@H](O)[C@@H]1O.O. The third kappa shape index (κ3) is 3.62. The van der Waals surface area contributed by atoms with Gasteiger partial charge in [0, 0.05) is 0 Å². The van der Waals surface area contributed by atoms with E-state index >= 15 is 0 Å². The average Bonchev–Trinajstić information content (AvgIpc) is 3.01. The Kier molecular flexibility index (Phi) is 5.38. The summed E-state index contributed by atoms with van der Waals surface area (Å²) >= 11 is 0. The Morgan fingerprint density at radius 3 is 2.60 bits per heavy atom. The first kappa shape index (κ1) is 19.6. The van der Waals surface area contributed by atoms with Crippen molar-refractivity contribution in [2.45, 2.75) is 30.8 Å². The zero-order valence-electron chi connectivity index (χ0n) is 12.3. The number of hydrogen-bond donors (Lipinski definition) is 6. The van der Waals surface area contributed by atoms with Crippen molar-refractivity contribution in [3.8, 4) is 0 Å². The van der Waals surface area contributed by atoms with Gasteiger partial charge in [-0.25, -0.2) is 19.5 Å². The van der Waals surface area contributed by atoms with Gasteiger partial charge in [-0.2, -0.15) is 0 Å². The zero-order valence-corrected chi connectivity index (χ0v) is 13.2. The van der Waals surface area contributed by atoms with Crippen molar-refractivity contribution in [3.05, 3.63) is 12.7 Å². The minimum absolute atomic E-state index is 0. The van der Waals surface area contributed by atoms with E-state index in [1.54, 1.807) is 0 Å². The van der Waals surface area contributed by atoms with Crippen molar-refractivity contribution in [3.63, 3.8) is 0 Å². The highest BCUT2D eigenvalue weighted by molar-refractivity contribution is 7.46. The Hall–Kier alpha value is -1.74. The lowest BCUT2D eigenvalue weighted by Crippen LogP contribution is -2.39. The molecule has 0 spiro atoms. The molecule has 3 heterocycles. The van der Waals surface area contributed by atoms with Gasteiger partial charge in [0.1, 0.15) is 30.2 Å². The lowest BCUT2D eigenvalue weighted by atomic mass is 10.1. The van der Waals surface area contributed by atoms with Crippen LogP contribution in [0.2, 0.25) is 0 Å². The van der Waals surface area contributed by atoms with E-state index in [4.69, 9.17) is 20.3 Å². The molecule has 1 aliphatic heterocycles. The third-order valence-electron chi connectivity index (χ3n) is 3.46. The Balaban J connectivity index is 0.00000225. The standard InChI is InChI=1S/C10H14N5O8P.H2O/c11-7-3-8(13-1-12-7)15(2-14-3)9-5(17)4(16)6(22-9)10(18)23-24(19,20)21;/h1-2,4-6,9-10,16-18H,(H2,11,12,13)(H2,19,20,21);1H2/t4-,5-,6-,9+,10?;/m0./s1. The van der Waals surface area contributed by atoms with Crippen LogP contribution in [0.4, 0.5) is 5.82 Å². The number of fused-ring (bicyclic) bond motifs is 1. The summed E-state index contributed by atoms with van der Waals surface area (Å²) < 4.78 is 21.4. The number of aliphatic hydroxyl groups is 3. The quantitative estimate of drug-likeness (QED) is 0.225. The molecule has 14 nitrogen and oxygen atoms in total. The van der Waals surface area contributed by atoms with Crippen LogP contribution in [-0.4, -0.2) is 74.7 Å². The Labute approximate surface area is 139 Å². The van der Waals surface area contributed by atoms with Crippen LogP contribution < -0.4 is 5.73 Å². The first-order valence-electron chi connectivity index (χ1n) is 6.55. The molecule has 1 saturated heterocycles.